The summed E-state index contributed by atoms with van der Waals surface area (Å²) in [7, 11) is -4.39. The van der Waals surface area contributed by atoms with Gasteiger partial charge in [-0.3, -0.25) is 18.6 Å². The van der Waals surface area contributed by atoms with Gasteiger partial charge in [-0.25, -0.2) is 4.57 Å². The summed E-state index contributed by atoms with van der Waals surface area (Å²) in [4.78, 5) is 35.3. The molecule has 0 aliphatic rings. The van der Waals surface area contributed by atoms with Crippen molar-refractivity contribution in [2.45, 2.75) is 360 Å². The van der Waals surface area contributed by atoms with Crippen molar-refractivity contribution < 1.29 is 37.6 Å². The monoisotopic (exact) mass is 1120 g/mol. The first-order valence-corrected chi connectivity index (χ1v) is 35.5. The van der Waals surface area contributed by atoms with Crippen molar-refractivity contribution in [3.8, 4) is 0 Å². The molecule has 0 fully saturated rings. The Balaban J connectivity index is 3.84. The lowest BCUT2D eigenvalue weighted by molar-refractivity contribution is -0.161. The molecule has 0 radical (unpaired) electrons. The van der Waals surface area contributed by atoms with Crippen LogP contribution in [0.5, 0.6) is 0 Å². The minimum atomic E-state index is -4.39. The average molecular weight is 1120 g/mol. The molecule has 9 nitrogen and oxygen atoms in total. The highest BCUT2D eigenvalue weighted by molar-refractivity contribution is 7.47. The third-order valence-electron chi connectivity index (χ3n) is 15.3. The van der Waals surface area contributed by atoms with E-state index in [1.165, 1.54) is 270 Å². The molecule has 0 aromatic rings. The maximum atomic E-state index is 12.7. The fourth-order valence-electron chi connectivity index (χ4n) is 10.2. The zero-order valence-corrected chi connectivity index (χ0v) is 52.6. The van der Waals surface area contributed by atoms with Gasteiger partial charge in [-0.1, -0.05) is 326 Å². The second-order valence-electron chi connectivity index (χ2n) is 23.1. The number of rotatable bonds is 65. The molecule has 0 bridgehead atoms. The van der Waals surface area contributed by atoms with Gasteiger partial charge in [0.05, 0.1) is 13.2 Å². The lowest BCUT2D eigenvalue weighted by Crippen LogP contribution is -2.29. The number of phosphoric ester groups is 1. The van der Waals surface area contributed by atoms with Crippen LogP contribution in [0.4, 0.5) is 0 Å². The molecule has 0 amide bonds. The van der Waals surface area contributed by atoms with Gasteiger partial charge in [0.15, 0.2) is 6.10 Å². The van der Waals surface area contributed by atoms with E-state index in [1.807, 2.05) is 0 Å². The molecule has 10 heteroatoms. The van der Waals surface area contributed by atoms with E-state index < -0.39 is 26.5 Å². The lowest BCUT2D eigenvalue weighted by atomic mass is 10.0. The van der Waals surface area contributed by atoms with E-state index in [1.54, 1.807) is 0 Å². The van der Waals surface area contributed by atoms with Crippen LogP contribution in [0.3, 0.4) is 0 Å². The van der Waals surface area contributed by atoms with Gasteiger partial charge in [0.25, 0.3) is 0 Å². The van der Waals surface area contributed by atoms with Gasteiger partial charge in [-0.2, -0.15) is 0 Å². The summed E-state index contributed by atoms with van der Waals surface area (Å²) >= 11 is 0. The Labute approximate surface area is 484 Å². The van der Waals surface area contributed by atoms with Gasteiger partial charge in [0.1, 0.15) is 6.61 Å². The average Bonchev–Trinajstić information content (AvgIpc) is 3.43. The predicted molar refractivity (Wildman–Crippen MR) is 335 cm³/mol. The number of ether oxygens (including phenoxy) is 2. The summed E-state index contributed by atoms with van der Waals surface area (Å²) < 4.78 is 33.2. The van der Waals surface area contributed by atoms with E-state index in [-0.39, 0.29) is 38.6 Å². The van der Waals surface area contributed by atoms with E-state index in [9.17, 15) is 19.0 Å². The fourth-order valence-corrected chi connectivity index (χ4v) is 11.0. The Morgan fingerprint density at radius 3 is 0.987 bits per heavy atom. The fraction of sp³-hybridized carbons (Fsp3) is 0.882. The Hall–Kier alpha value is -1.77. The van der Waals surface area contributed by atoms with E-state index in [0.29, 0.717) is 6.42 Å². The number of carbonyl (C=O) groups excluding carboxylic acids is 2. The third-order valence-corrected chi connectivity index (χ3v) is 16.3. The van der Waals surface area contributed by atoms with Crippen molar-refractivity contribution in [2.24, 2.45) is 5.73 Å². The molecule has 460 valence electrons. The minimum absolute atomic E-state index is 0.0541. The van der Waals surface area contributed by atoms with Crippen LogP contribution >= 0.6 is 7.82 Å². The minimum Gasteiger partial charge on any atom is -0.462 e. The normalized spacial score (nSPS) is 13.1. The molecule has 0 spiro atoms. The molecular weight excluding hydrogens is 990 g/mol. The number of hydrogen-bond acceptors (Lipinski definition) is 8. The Morgan fingerprint density at radius 2 is 0.667 bits per heavy atom. The molecular formula is C68H130NO8P. The second-order valence-corrected chi connectivity index (χ2v) is 24.5. The molecule has 0 saturated carbocycles. The van der Waals surface area contributed by atoms with Crippen molar-refractivity contribution in [1.29, 1.82) is 0 Å². The summed E-state index contributed by atoms with van der Waals surface area (Å²) in [6.07, 6.45) is 79.5. The number of unbranched alkanes of at least 4 members (excludes halogenated alkanes) is 46. The number of hydrogen-bond donors (Lipinski definition) is 2. The highest BCUT2D eigenvalue weighted by Gasteiger charge is 2.26. The number of esters is 2. The van der Waals surface area contributed by atoms with Crippen molar-refractivity contribution in [1.82, 2.24) is 0 Å². The Bertz CT molecular complexity index is 1370. The summed E-state index contributed by atoms with van der Waals surface area (Å²) in [6.45, 7) is 3.79. The first-order chi connectivity index (χ1) is 38.3. The summed E-state index contributed by atoms with van der Waals surface area (Å²) in [5.74, 6) is -0.814. The van der Waals surface area contributed by atoms with Crippen molar-refractivity contribution in [3.05, 3.63) is 36.5 Å². The van der Waals surface area contributed by atoms with Crippen LogP contribution in [0.2, 0.25) is 0 Å². The Morgan fingerprint density at radius 1 is 0.385 bits per heavy atom. The molecule has 0 saturated heterocycles. The number of phosphoric acid groups is 1. The van der Waals surface area contributed by atoms with Gasteiger partial charge < -0.3 is 20.1 Å². The quantitative estimate of drug-likeness (QED) is 0.0264. The van der Waals surface area contributed by atoms with Crippen LogP contribution in [-0.4, -0.2) is 49.3 Å². The van der Waals surface area contributed by atoms with Gasteiger partial charge >= 0.3 is 19.8 Å². The highest BCUT2D eigenvalue weighted by Crippen LogP contribution is 2.43. The molecule has 0 rings (SSSR count). The van der Waals surface area contributed by atoms with E-state index in [2.05, 4.69) is 50.3 Å². The topological polar surface area (TPSA) is 134 Å². The van der Waals surface area contributed by atoms with Crippen LogP contribution in [0, 0.1) is 0 Å². The largest absolute Gasteiger partial charge is 0.472 e. The lowest BCUT2D eigenvalue weighted by Gasteiger charge is -2.19. The van der Waals surface area contributed by atoms with Gasteiger partial charge in [0.2, 0.25) is 0 Å². The number of nitrogens with two attached hydrogens (primary N) is 1. The van der Waals surface area contributed by atoms with E-state index in [4.69, 9.17) is 24.3 Å². The zero-order valence-electron chi connectivity index (χ0n) is 51.7. The third kappa shape index (κ3) is 63.4. The van der Waals surface area contributed by atoms with Gasteiger partial charge in [0, 0.05) is 19.4 Å². The molecule has 0 aliphatic carbocycles. The highest BCUT2D eigenvalue weighted by atomic mass is 31.2. The molecule has 0 aromatic heterocycles. The van der Waals surface area contributed by atoms with Crippen molar-refractivity contribution >= 4 is 19.8 Å². The van der Waals surface area contributed by atoms with E-state index >= 15 is 0 Å². The molecule has 3 N–H and O–H groups in total. The molecule has 2 atom stereocenters. The van der Waals surface area contributed by atoms with Crippen molar-refractivity contribution in [3.63, 3.8) is 0 Å². The van der Waals surface area contributed by atoms with Crippen LogP contribution < -0.4 is 5.73 Å². The van der Waals surface area contributed by atoms with Crippen molar-refractivity contribution in [2.75, 3.05) is 26.4 Å². The Kier molecular flexibility index (Phi) is 62.9. The maximum absolute atomic E-state index is 12.7. The molecule has 0 heterocycles. The van der Waals surface area contributed by atoms with E-state index in [0.717, 1.165) is 51.4 Å². The first-order valence-electron chi connectivity index (χ1n) is 34.0. The summed E-state index contributed by atoms with van der Waals surface area (Å²) in [5.41, 5.74) is 5.40. The molecule has 0 aromatic carbocycles. The van der Waals surface area contributed by atoms with Gasteiger partial charge in [-0.15, -0.1) is 0 Å². The smallest absolute Gasteiger partial charge is 0.462 e. The van der Waals surface area contributed by atoms with Crippen LogP contribution in [0.1, 0.15) is 354 Å². The SMILES string of the molecule is CCCCCCC/C=C\C/C=C\C/C=C\CCCCCCCCCCCCC(=O)OC(COC(=O)CCCCCCCCCCCCCCCCCCCCCCCCCCCCCCCCCC)COP(=O)(O)OCCN. The number of carbonyl (C=O) groups is 2. The molecule has 78 heavy (non-hydrogen) atoms. The zero-order chi connectivity index (χ0) is 56.6. The van der Waals surface area contributed by atoms with Gasteiger partial charge in [-0.05, 0) is 51.4 Å². The molecule has 0 aliphatic heterocycles. The summed E-state index contributed by atoms with van der Waals surface area (Å²) in [6, 6.07) is 0. The standard InChI is InChI=1S/C68H130NO8P/c1-3-5-7-9-11-13-15-17-19-21-23-25-27-29-30-31-32-33-34-35-37-38-40-42-44-46-48-50-52-54-56-58-60-67(70)74-64-66(65-76-78(72,73)75-63-62-69)77-68(71)61-59-57-55-53-51-49-47-45-43-41-39-36-28-26-24-22-20-18-16-14-12-10-8-6-4-2/h16,18,22,24,28,36,66H,3-15,17,19-21,23,25-27,29-35,37-65,69H2,1-2H3,(H,72,73)/b18-16-,24-22-,36-28-. The molecule has 2 unspecified atom stereocenters. The second kappa shape index (κ2) is 64.4. The van der Waals surface area contributed by atoms with Crippen LogP contribution in [-0.2, 0) is 32.7 Å². The van der Waals surface area contributed by atoms with Crippen LogP contribution in [0.25, 0.3) is 0 Å². The summed E-state index contributed by atoms with van der Waals surface area (Å²) in [5, 5.41) is 0. The predicted octanol–water partition coefficient (Wildman–Crippen LogP) is 21.9. The number of allylic oxidation sites excluding steroid dienone is 6. The maximum Gasteiger partial charge on any atom is 0.472 e. The van der Waals surface area contributed by atoms with Crippen LogP contribution in [0.15, 0.2) is 36.5 Å². The first kappa shape index (κ1) is 76.2.